The molecule has 0 saturated heterocycles. The third-order valence-corrected chi connectivity index (χ3v) is 6.42. The van der Waals surface area contributed by atoms with Crippen LogP contribution >= 0.6 is 11.8 Å². The molecule has 20 heavy (non-hydrogen) atoms. The summed E-state index contributed by atoms with van der Waals surface area (Å²) in [5.41, 5.74) is 7.84. The maximum Gasteiger partial charge on any atom is 0.0138 e. The van der Waals surface area contributed by atoms with Gasteiger partial charge in [-0.3, -0.25) is 0 Å². The number of aryl methyl sites for hydroxylation is 1. The van der Waals surface area contributed by atoms with Crippen LogP contribution in [0.3, 0.4) is 0 Å². The maximum absolute atomic E-state index is 6.03. The normalized spacial score (nSPS) is 27.6. The van der Waals surface area contributed by atoms with Crippen molar-refractivity contribution in [2.75, 3.05) is 6.54 Å². The van der Waals surface area contributed by atoms with Crippen LogP contribution in [0.25, 0.3) is 0 Å². The summed E-state index contributed by atoms with van der Waals surface area (Å²) >= 11 is 2.06. The van der Waals surface area contributed by atoms with E-state index in [0.29, 0.717) is 16.6 Å². The lowest BCUT2D eigenvalue weighted by atomic mass is 9.69. The summed E-state index contributed by atoms with van der Waals surface area (Å²) in [6, 6.07) is 8.74. The number of nitrogens with two attached hydrogens (primary N) is 1. The largest absolute Gasteiger partial charge is 0.330 e. The van der Waals surface area contributed by atoms with Crippen LogP contribution in [-0.4, -0.2) is 11.8 Å². The fraction of sp³-hybridized carbons (Fsp3) is 0.667. The van der Waals surface area contributed by atoms with E-state index in [9.17, 15) is 0 Å². The van der Waals surface area contributed by atoms with E-state index in [2.05, 4.69) is 63.7 Å². The van der Waals surface area contributed by atoms with Gasteiger partial charge < -0.3 is 5.73 Å². The molecule has 1 aromatic carbocycles. The first-order valence-electron chi connectivity index (χ1n) is 7.84. The van der Waals surface area contributed by atoms with Gasteiger partial charge in [0.1, 0.15) is 0 Å². The molecule has 2 N–H and O–H groups in total. The lowest BCUT2D eigenvalue weighted by Gasteiger charge is -2.41. The standard InChI is InChI=1S/C18H29NS/c1-13-7-5-6-8-16(13)20-17-11-15(18(2,3)4)10-9-14(17)12-19/h5-8,14-15,17H,9-12,19H2,1-4H3. The van der Waals surface area contributed by atoms with Crippen molar-refractivity contribution >= 4 is 11.8 Å². The molecule has 0 radical (unpaired) electrons. The Bertz CT molecular complexity index is 435. The Morgan fingerprint density at radius 1 is 1.20 bits per heavy atom. The zero-order valence-corrected chi connectivity index (χ0v) is 14.2. The van der Waals surface area contributed by atoms with E-state index in [0.717, 1.165) is 12.5 Å². The van der Waals surface area contributed by atoms with Gasteiger partial charge in [0.05, 0.1) is 0 Å². The molecule has 1 aliphatic rings. The van der Waals surface area contributed by atoms with Crippen molar-refractivity contribution in [3.05, 3.63) is 29.8 Å². The number of benzene rings is 1. The molecule has 1 fully saturated rings. The zero-order valence-electron chi connectivity index (χ0n) is 13.4. The molecule has 112 valence electrons. The third kappa shape index (κ3) is 3.79. The third-order valence-electron chi connectivity index (χ3n) is 4.83. The fourth-order valence-electron chi connectivity index (χ4n) is 3.24. The van der Waals surface area contributed by atoms with Crippen molar-refractivity contribution < 1.29 is 0 Å². The van der Waals surface area contributed by atoms with Crippen molar-refractivity contribution in [3.8, 4) is 0 Å². The summed E-state index contributed by atoms with van der Waals surface area (Å²) < 4.78 is 0. The average Bonchev–Trinajstić information content (AvgIpc) is 2.40. The molecule has 0 bridgehead atoms. The first-order chi connectivity index (χ1) is 9.41. The molecule has 1 aromatic rings. The molecule has 3 atom stereocenters. The molecular weight excluding hydrogens is 262 g/mol. The second kappa shape index (κ2) is 6.53. The number of hydrogen-bond donors (Lipinski definition) is 1. The molecular formula is C18H29NS. The van der Waals surface area contributed by atoms with Gasteiger partial charge in [-0.25, -0.2) is 0 Å². The molecule has 0 amide bonds. The summed E-state index contributed by atoms with van der Waals surface area (Å²) in [5.74, 6) is 1.50. The second-order valence-corrected chi connectivity index (χ2v) is 8.57. The lowest BCUT2D eigenvalue weighted by Crippen LogP contribution is -2.36. The summed E-state index contributed by atoms with van der Waals surface area (Å²) in [4.78, 5) is 1.44. The van der Waals surface area contributed by atoms with E-state index in [4.69, 9.17) is 5.73 Å². The number of hydrogen-bond acceptors (Lipinski definition) is 2. The van der Waals surface area contributed by atoms with Crippen LogP contribution in [-0.2, 0) is 0 Å². The predicted molar refractivity (Wildman–Crippen MR) is 90.2 cm³/mol. The van der Waals surface area contributed by atoms with E-state index >= 15 is 0 Å². The Hall–Kier alpha value is -0.470. The first kappa shape index (κ1) is 15.9. The van der Waals surface area contributed by atoms with Gasteiger partial charge in [0.2, 0.25) is 0 Å². The molecule has 0 heterocycles. The zero-order chi connectivity index (χ0) is 14.8. The van der Waals surface area contributed by atoms with E-state index in [1.54, 1.807) is 0 Å². The number of rotatable bonds is 3. The van der Waals surface area contributed by atoms with Crippen LogP contribution in [0.15, 0.2) is 29.2 Å². The predicted octanol–water partition coefficient (Wildman–Crippen LogP) is 4.88. The smallest absolute Gasteiger partial charge is 0.0138 e. The molecule has 3 unspecified atom stereocenters. The quantitative estimate of drug-likeness (QED) is 0.859. The maximum atomic E-state index is 6.03. The van der Waals surface area contributed by atoms with Crippen molar-refractivity contribution in [3.63, 3.8) is 0 Å². The molecule has 0 spiro atoms. The van der Waals surface area contributed by atoms with Crippen LogP contribution in [0.5, 0.6) is 0 Å². The summed E-state index contributed by atoms with van der Waals surface area (Å²) in [6.07, 6.45) is 3.95. The van der Waals surface area contributed by atoms with Gasteiger partial charge in [-0.05, 0) is 61.6 Å². The Labute approximate surface area is 128 Å². The van der Waals surface area contributed by atoms with Crippen LogP contribution in [0, 0.1) is 24.2 Å². The Balaban J connectivity index is 2.12. The van der Waals surface area contributed by atoms with E-state index < -0.39 is 0 Å². The summed E-state index contributed by atoms with van der Waals surface area (Å²) in [6.45, 7) is 10.2. The number of thioether (sulfide) groups is 1. The highest BCUT2D eigenvalue weighted by Gasteiger charge is 2.35. The van der Waals surface area contributed by atoms with Crippen molar-refractivity contribution in [1.29, 1.82) is 0 Å². The monoisotopic (exact) mass is 291 g/mol. The van der Waals surface area contributed by atoms with E-state index in [-0.39, 0.29) is 0 Å². The van der Waals surface area contributed by atoms with Gasteiger partial charge in [-0.1, -0.05) is 39.0 Å². The highest BCUT2D eigenvalue weighted by Crippen LogP contribution is 2.45. The Morgan fingerprint density at radius 2 is 1.90 bits per heavy atom. The molecule has 2 heteroatoms. The fourth-order valence-corrected chi connectivity index (χ4v) is 4.75. The SMILES string of the molecule is Cc1ccccc1SC1CC(C(C)(C)C)CCC1CN. The first-order valence-corrected chi connectivity index (χ1v) is 8.72. The minimum atomic E-state index is 0.421. The highest BCUT2D eigenvalue weighted by molar-refractivity contribution is 8.00. The molecule has 1 nitrogen and oxygen atoms in total. The van der Waals surface area contributed by atoms with Crippen LogP contribution in [0.4, 0.5) is 0 Å². The van der Waals surface area contributed by atoms with Gasteiger partial charge in [0, 0.05) is 10.1 Å². The van der Waals surface area contributed by atoms with Crippen LogP contribution in [0.2, 0.25) is 0 Å². The van der Waals surface area contributed by atoms with Gasteiger partial charge >= 0.3 is 0 Å². The molecule has 1 saturated carbocycles. The van der Waals surface area contributed by atoms with Gasteiger partial charge in [0.25, 0.3) is 0 Å². The summed E-state index contributed by atoms with van der Waals surface area (Å²) in [7, 11) is 0. The van der Waals surface area contributed by atoms with E-state index in [1.807, 2.05) is 0 Å². The van der Waals surface area contributed by atoms with Crippen molar-refractivity contribution in [1.82, 2.24) is 0 Å². The van der Waals surface area contributed by atoms with Crippen LogP contribution in [0.1, 0.15) is 45.6 Å². The highest BCUT2D eigenvalue weighted by atomic mass is 32.2. The molecule has 1 aliphatic carbocycles. The topological polar surface area (TPSA) is 26.0 Å². The summed E-state index contributed by atoms with van der Waals surface area (Å²) in [5, 5.41) is 0.680. The average molecular weight is 292 g/mol. The van der Waals surface area contributed by atoms with Crippen molar-refractivity contribution in [2.45, 2.75) is 57.1 Å². The molecule has 2 rings (SSSR count). The van der Waals surface area contributed by atoms with Gasteiger partial charge in [0.15, 0.2) is 0 Å². The Kier molecular flexibility index (Phi) is 5.19. The van der Waals surface area contributed by atoms with Crippen LogP contribution < -0.4 is 5.73 Å². The van der Waals surface area contributed by atoms with E-state index in [1.165, 1.54) is 29.7 Å². The lowest BCUT2D eigenvalue weighted by molar-refractivity contribution is 0.157. The van der Waals surface area contributed by atoms with Gasteiger partial charge in [-0.15, -0.1) is 11.8 Å². The minimum absolute atomic E-state index is 0.421. The minimum Gasteiger partial charge on any atom is -0.330 e. The molecule has 0 aliphatic heterocycles. The Morgan fingerprint density at radius 3 is 2.50 bits per heavy atom. The molecule has 0 aromatic heterocycles. The van der Waals surface area contributed by atoms with Gasteiger partial charge in [-0.2, -0.15) is 0 Å². The second-order valence-electron chi connectivity index (χ2n) is 7.29. The van der Waals surface area contributed by atoms with Crippen molar-refractivity contribution in [2.24, 2.45) is 23.0 Å².